The Morgan fingerprint density at radius 3 is 2.09 bits per heavy atom. The Labute approximate surface area is 147 Å². The quantitative estimate of drug-likeness (QED) is 0.789. The van der Waals surface area contributed by atoms with Gasteiger partial charge in [0.2, 0.25) is 0 Å². The fourth-order valence-electron chi connectivity index (χ4n) is 1.73. The van der Waals surface area contributed by atoms with Crippen LogP contribution >= 0.6 is 23.2 Å². The number of halogens is 2. The molecule has 1 aromatic rings. The summed E-state index contributed by atoms with van der Waals surface area (Å²) in [7, 11) is 1.58. The number of ether oxygens (including phenoxy) is 2. The summed E-state index contributed by atoms with van der Waals surface area (Å²) in [4.78, 5) is 11.8. The third-order valence-corrected chi connectivity index (χ3v) is 2.63. The number of rotatable bonds is 4. The molecule has 2 unspecified atom stereocenters. The van der Waals surface area contributed by atoms with Gasteiger partial charge in [0.1, 0.15) is 11.4 Å². The van der Waals surface area contributed by atoms with Crippen LogP contribution in [-0.4, -0.2) is 35.4 Å². The lowest BCUT2D eigenvalue weighted by Gasteiger charge is -2.25. The first-order valence-electron chi connectivity index (χ1n) is 7.08. The Morgan fingerprint density at radius 2 is 1.74 bits per heavy atom. The van der Waals surface area contributed by atoms with Crippen molar-refractivity contribution in [3.63, 3.8) is 0 Å². The molecule has 2 atom stereocenters. The van der Waals surface area contributed by atoms with Crippen LogP contribution in [-0.2, 0) is 4.74 Å². The molecule has 1 aromatic carbocycles. The first kappa shape index (κ1) is 21.8. The largest absolute Gasteiger partial charge is 0.497 e. The summed E-state index contributed by atoms with van der Waals surface area (Å²) in [6, 6.07) is 6.63. The molecule has 0 saturated heterocycles. The SMILES string of the molecule is COc1ccc(C(NC(=O)OC(C)(C)C)C(C)O)cc1.ClCCl. The molecule has 23 heavy (non-hydrogen) atoms. The molecule has 0 aliphatic heterocycles. The molecule has 0 spiro atoms. The lowest BCUT2D eigenvalue weighted by atomic mass is 10.0. The molecule has 0 aromatic heterocycles. The maximum atomic E-state index is 11.8. The number of benzene rings is 1. The molecule has 1 rings (SSSR count). The molecule has 0 radical (unpaired) electrons. The summed E-state index contributed by atoms with van der Waals surface area (Å²) in [6.45, 7) is 6.98. The predicted molar refractivity (Wildman–Crippen MR) is 93.4 cm³/mol. The van der Waals surface area contributed by atoms with Crippen LogP contribution in [0.4, 0.5) is 4.79 Å². The van der Waals surface area contributed by atoms with Crippen LogP contribution in [0.2, 0.25) is 0 Å². The molecule has 0 saturated carbocycles. The van der Waals surface area contributed by atoms with Gasteiger partial charge in [-0.25, -0.2) is 4.79 Å². The van der Waals surface area contributed by atoms with Crippen molar-refractivity contribution < 1.29 is 19.4 Å². The van der Waals surface area contributed by atoms with Crippen molar-refractivity contribution >= 4 is 29.3 Å². The zero-order valence-electron chi connectivity index (χ0n) is 14.1. The average Bonchev–Trinajstić information content (AvgIpc) is 2.43. The zero-order chi connectivity index (χ0) is 18.0. The third-order valence-electron chi connectivity index (χ3n) is 2.63. The number of amides is 1. The van der Waals surface area contributed by atoms with E-state index in [1.54, 1.807) is 59.1 Å². The highest BCUT2D eigenvalue weighted by Gasteiger charge is 2.23. The molecule has 2 N–H and O–H groups in total. The Hall–Kier alpha value is -1.17. The van der Waals surface area contributed by atoms with E-state index in [4.69, 9.17) is 32.7 Å². The molecule has 0 aliphatic carbocycles. The Balaban J connectivity index is 0.00000149. The Morgan fingerprint density at radius 1 is 1.26 bits per heavy atom. The molecule has 0 fully saturated rings. The highest BCUT2D eigenvalue weighted by atomic mass is 35.5. The van der Waals surface area contributed by atoms with Crippen molar-refractivity contribution in [2.45, 2.75) is 45.4 Å². The maximum absolute atomic E-state index is 11.8. The molecule has 7 heteroatoms. The first-order chi connectivity index (χ1) is 10.6. The second-order valence-corrected chi connectivity index (χ2v) is 6.55. The molecule has 0 bridgehead atoms. The van der Waals surface area contributed by atoms with Gasteiger partial charge in [-0.2, -0.15) is 0 Å². The second kappa shape index (κ2) is 10.6. The van der Waals surface area contributed by atoms with Crippen LogP contribution in [0.25, 0.3) is 0 Å². The number of hydrogen-bond donors (Lipinski definition) is 2. The minimum absolute atomic E-state index is 0.194. The number of alkyl carbamates (subject to hydrolysis) is 1. The van der Waals surface area contributed by atoms with Gasteiger partial charge in [0.05, 0.1) is 24.6 Å². The van der Waals surface area contributed by atoms with E-state index < -0.39 is 23.8 Å². The number of carbonyl (C=O) groups excluding carboxylic acids is 1. The Kier molecular flexibility index (Phi) is 10.0. The van der Waals surface area contributed by atoms with Gasteiger partial charge in [0.15, 0.2) is 0 Å². The van der Waals surface area contributed by atoms with Gasteiger partial charge in [-0.1, -0.05) is 12.1 Å². The number of nitrogens with one attached hydrogen (secondary N) is 1. The molecule has 1 amide bonds. The van der Waals surface area contributed by atoms with Gasteiger partial charge in [0.25, 0.3) is 0 Å². The number of carbonyl (C=O) groups is 1. The summed E-state index contributed by atoms with van der Waals surface area (Å²) in [5.74, 6) is 0.718. The van der Waals surface area contributed by atoms with E-state index >= 15 is 0 Å². The normalized spacial score (nSPS) is 13.2. The average molecular weight is 366 g/mol. The maximum Gasteiger partial charge on any atom is 0.408 e. The Bertz CT molecular complexity index is 458. The van der Waals surface area contributed by atoms with E-state index in [9.17, 15) is 9.90 Å². The van der Waals surface area contributed by atoms with E-state index in [0.717, 1.165) is 11.3 Å². The van der Waals surface area contributed by atoms with Crippen LogP contribution < -0.4 is 10.1 Å². The topological polar surface area (TPSA) is 67.8 Å². The minimum atomic E-state index is -0.740. The van der Waals surface area contributed by atoms with Crippen LogP contribution in [0, 0.1) is 0 Å². The van der Waals surface area contributed by atoms with E-state index in [1.807, 2.05) is 0 Å². The standard InChI is InChI=1S/C15H23NO4.CH2Cl2/c1-10(17)13(16-14(18)20-15(2,3)4)11-6-8-12(19-5)9-7-11;2-1-3/h6-10,13,17H,1-5H3,(H,16,18);1H2. The number of aliphatic hydroxyl groups excluding tert-OH is 1. The summed E-state index contributed by atoms with van der Waals surface area (Å²) < 4.78 is 10.3. The van der Waals surface area contributed by atoms with Crippen LogP contribution in [0.1, 0.15) is 39.3 Å². The van der Waals surface area contributed by atoms with E-state index in [2.05, 4.69) is 5.32 Å². The van der Waals surface area contributed by atoms with Gasteiger partial charge in [-0.05, 0) is 45.4 Å². The summed E-state index contributed by atoms with van der Waals surface area (Å²) in [5.41, 5.74) is 0.208. The summed E-state index contributed by atoms with van der Waals surface area (Å²) >= 11 is 9.53. The monoisotopic (exact) mass is 365 g/mol. The van der Waals surface area contributed by atoms with Crippen LogP contribution in [0.15, 0.2) is 24.3 Å². The summed E-state index contributed by atoms with van der Waals surface area (Å²) in [5, 5.41) is 12.7. The smallest absolute Gasteiger partial charge is 0.408 e. The highest BCUT2D eigenvalue weighted by Crippen LogP contribution is 2.21. The zero-order valence-corrected chi connectivity index (χ0v) is 15.6. The molecule has 0 heterocycles. The lowest BCUT2D eigenvalue weighted by molar-refractivity contribution is 0.0436. The van der Waals surface area contributed by atoms with Gasteiger partial charge in [-0.15, -0.1) is 23.2 Å². The van der Waals surface area contributed by atoms with Crippen molar-refractivity contribution in [3.05, 3.63) is 29.8 Å². The van der Waals surface area contributed by atoms with Gasteiger partial charge >= 0.3 is 6.09 Å². The minimum Gasteiger partial charge on any atom is -0.497 e. The lowest BCUT2D eigenvalue weighted by Crippen LogP contribution is -2.38. The van der Waals surface area contributed by atoms with Crippen molar-refractivity contribution in [3.8, 4) is 5.75 Å². The molecular formula is C16H25Cl2NO4. The van der Waals surface area contributed by atoms with E-state index in [1.165, 1.54) is 0 Å². The van der Waals surface area contributed by atoms with E-state index in [0.29, 0.717) is 0 Å². The van der Waals surface area contributed by atoms with Gasteiger partial charge in [-0.3, -0.25) is 0 Å². The van der Waals surface area contributed by atoms with Crippen molar-refractivity contribution in [2.75, 3.05) is 12.4 Å². The molecule has 132 valence electrons. The number of aliphatic hydroxyl groups is 1. The highest BCUT2D eigenvalue weighted by molar-refractivity contribution is 6.40. The van der Waals surface area contributed by atoms with E-state index in [-0.39, 0.29) is 5.34 Å². The van der Waals surface area contributed by atoms with Gasteiger partial charge in [0, 0.05) is 0 Å². The number of hydrogen-bond acceptors (Lipinski definition) is 4. The van der Waals surface area contributed by atoms with Crippen molar-refractivity contribution in [1.82, 2.24) is 5.32 Å². The third kappa shape index (κ3) is 9.54. The molecular weight excluding hydrogens is 341 g/mol. The van der Waals surface area contributed by atoms with Crippen LogP contribution in [0.5, 0.6) is 5.75 Å². The summed E-state index contributed by atoms with van der Waals surface area (Å²) in [6.07, 6.45) is -1.30. The fraction of sp³-hybridized carbons (Fsp3) is 0.562. The molecule has 5 nitrogen and oxygen atoms in total. The van der Waals surface area contributed by atoms with Crippen LogP contribution in [0.3, 0.4) is 0 Å². The number of alkyl halides is 2. The second-order valence-electron chi connectivity index (χ2n) is 5.74. The van der Waals surface area contributed by atoms with Gasteiger partial charge < -0.3 is 19.9 Å². The number of methoxy groups -OCH3 is 1. The van der Waals surface area contributed by atoms with Crippen molar-refractivity contribution in [1.29, 1.82) is 0 Å². The van der Waals surface area contributed by atoms with Crippen molar-refractivity contribution in [2.24, 2.45) is 0 Å². The predicted octanol–water partition coefficient (Wildman–Crippen LogP) is 4.06. The fourth-order valence-corrected chi connectivity index (χ4v) is 1.73. The first-order valence-corrected chi connectivity index (χ1v) is 8.15. The molecule has 0 aliphatic rings.